The van der Waals surface area contributed by atoms with E-state index in [2.05, 4.69) is 17.1 Å². The molecule has 0 aromatic heterocycles. The number of carbonyl (C=O) groups is 1. The van der Waals surface area contributed by atoms with E-state index in [0.29, 0.717) is 6.04 Å². The zero-order chi connectivity index (χ0) is 16.3. The van der Waals surface area contributed by atoms with Gasteiger partial charge in [-0.05, 0) is 51.4 Å². The third kappa shape index (κ3) is 5.09. The maximum absolute atomic E-state index is 12.6. The molecule has 0 radical (unpaired) electrons. The monoisotopic (exact) mass is 357 g/mol. The van der Waals surface area contributed by atoms with Crippen LogP contribution in [-0.4, -0.2) is 42.0 Å². The van der Waals surface area contributed by atoms with Crippen molar-refractivity contribution in [2.75, 3.05) is 19.6 Å². The lowest BCUT2D eigenvalue weighted by atomic mass is 9.74. The maximum atomic E-state index is 12.6. The van der Waals surface area contributed by atoms with Crippen molar-refractivity contribution < 1.29 is 4.79 Å². The van der Waals surface area contributed by atoms with Gasteiger partial charge in [-0.3, -0.25) is 4.79 Å². The molecule has 3 fully saturated rings. The first-order chi connectivity index (χ1) is 11.0. The minimum Gasteiger partial charge on any atom is -0.353 e. The Morgan fingerprint density at radius 2 is 1.71 bits per heavy atom. The van der Waals surface area contributed by atoms with Gasteiger partial charge >= 0.3 is 0 Å². The molecular weight excluding hydrogens is 322 g/mol. The van der Waals surface area contributed by atoms with Gasteiger partial charge < -0.3 is 16.0 Å². The van der Waals surface area contributed by atoms with E-state index in [0.717, 1.165) is 57.5 Å². The van der Waals surface area contributed by atoms with Gasteiger partial charge in [-0.1, -0.05) is 25.7 Å². The second kappa shape index (κ2) is 8.86. The summed E-state index contributed by atoms with van der Waals surface area (Å²) in [5.41, 5.74) is 6.06. The predicted molar refractivity (Wildman–Crippen MR) is 101 cm³/mol. The van der Waals surface area contributed by atoms with Gasteiger partial charge in [0.05, 0.1) is 5.92 Å². The molecule has 0 aromatic carbocycles. The Morgan fingerprint density at radius 3 is 2.33 bits per heavy atom. The molecule has 3 N–H and O–H groups in total. The van der Waals surface area contributed by atoms with Crippen molar-refractivity contribution >= 4 is 18.3 Å². The van der Waals surface area contributed by atoms with Crippen LogP contribution in [0.1, 0.15) is 71.1 Å². The molecule has 1 aliphatic heterocycles. The van der Waals surface area contributed by atoms with E-state index in [1.165, 1.54) is 32.2 Å². The van der Waals surface area contributed by atoms with E-state index in [4.69, 9.17) is 5.73 Å². The van der Waals surface area contributed by atoms with Gasteiger partial charge in [0.25, 0.3) is 0 Å². The highest BCUT2D eigenvalue weighted by Crippen LogP contribution is 2.32. The Morgan fingerprint density at radius 1 is 1.08 bits per heavy atom. The third-order valence-electron chi connectivity index (χ3n) is 6.50. The first kappa shape index (κ1) is 20.0. The lowest BCUT2D eigenvalue weighted by Gasteiger charge is -2.39. The molecule has 1 amide bonds. The number of hydrogen-bond acceptors (Lipinski definition) is 3. The van der Waals surface area contributed by atoms with Crippen LogP contribution in [-0.2, 0) is 4.79 Å². The number of piperidine rings is 1. The number of likely N-dealkylation sites (tertiary alicyclic amines) is 1. The molecule has 3 aliphatic rings. The van der Waals surface area contributed by atoms with Crippen molar-refractivity contribution in [2.24, 2.45) is 17.6 Å². The molecule has 2 aliphatic carbocycles. The summed E-state index contributed by atoms with van der Waals surface area (Å²) in [6.07, 6.45) is 12.2. The fraction of sp³-hybridized carbons (Fsp3) is 0.947. The highest BCUT2D eigenvalue weighted by Gasteiger charge is 2.38. The molecule has 4 nitrogen and oxygen atoms in total. The Bertz CT molecular complexity index is 401. The number of carbonyl (C=O) groups excluding carboxylic acids is 1. The highest BCUT2D eigenvalue weighted by molar-refractivity contribution is 5.85. The number of hydrogen-bond donors (Lipinski definition) is 2. The average Bonchev–Trinajstić information content (AvgIpc) is 3.01. The number of nitrogens with zero attached hydrogens (tertiary/aromatic N) is 1. The lowest BCUT2D eigenvalue weighted by molar-refractivity contribution is -0.129. The van der Waals surface area contributed by atoms with Gasteiger partial charge in [0.15, 0.2) is 0 Å². The van der Waals surface area contributed by atoms with E-state index < -0.39 is 0 Å². The van der Waals surface area contributed by atoms with E-state index in [9.17, 15) is 4.79 Å². The molecule has 2 unspecified atom stereocenters. The minimum absolute atomic E-state index is 0. The van der Waals surface area contributed by atoms with Crippen molar-refractivity contribution in [1.82, 2.24) is 10.2 Å². The second-order valence-electron chi connectivity index (χ2n) is 8.54. The van der Waals surface area contributed by atoms with Crippen LogP contribution in [0.5, 0.6) is 0 Å². The van der Waals surface area contributed by atoms with Crippen LogP contribution in [0.3, 0.4) is 0 Å². The van der Waals surface area contributed by atoms with E-state index >= 15 is 0 Å². The van der Waals surface area contributed by atoms with Gasteiger partial charge in [0.1, 0.15) is 0 Å². The summed E-state index contributed by atoms with van der Waals surface area (Å²) < 4.78 is 0. The quantitative estimate of drug-likeness (QED) is 0.812. The molecular formula is C19H36ClN3O. The second-order valence-corrected chi connectivity index (χ2v) is 8.54. The zero-order valence-electron chi connectivity index (χ0n) is 15.3. The van der Waals surface area contributed by atoms with Crippen LogP contribution in [0.2, 0.25) is 0 Å². The van der Waals surface area contributed by atoms with Gasteiger partial charge in [-0.2, -0.15) is 0 Å². The topological polar surface area (TPSA) is 58.4 Å². The summed E-state index contributed by atoms with van der Waals surface area (Å²) in [5, 5.41) is 3.31. The largest absolute Gasteiger partial charge is 0.353 e. The SMILES string of the molecule is CC1(N)CCCCC1C(=O)NC1CCN(CC2CCCC2)CC1.Cl. The maximum Gasteiger partial charge on any atom is 0.225 e. The molecule has 0 spiro atoms. The number of nitrogens with one attached hydrogen (secondary N) is 1. The first-order valence-electron chi connectivity index (χ1n) is 9.86. The summed E-state index contributed by atoms with van der Waals surface area (Å²) >= 11 is 0. The Labute approximate surface area is 153 Å². The van der Waals surface area contributed by atoms with Crippen LogP contribution >= 0.6 is 12.4 Å². The minimum atomic E-state index is -0.314. The molecule has 140 valence electrons. The van der Waals surface area contributed by atoms with Crippen molar-refractivity contribution in [3.05, 3.63) is 0 Å². The molecule has 1 heterocycles. The van der Waals surface area contributed by atoms with Crippen molar-refractivity contribution in [2.45, 2.75) is 82.7 Å². The number of amides is 1. The molecule has 3 rings (SSSR count). The smallest absolute Gasteiger partial charge is 0.225 e. The van der Waals surface area contributed by atoms with E-state index in [1.807, 2.05) is 0 Å². The fourth-order valence-corrected chi connectivity index (χ4v) is 4.91. The van der Waals surface area contributed by atoms with Crippen molar-refractivity contribution in [3.63, 3.8) is 0 Å². The molecule has 5 heteroatoms. The average molecular weight is 358 g/mol. The molecule has 0 bridgehead atoms. The number of rotatable bonds is 4. The molecule has 24 heavy (non-hydrogen) atoms. The van der Waals surface area contributed by atoms with Crippen LogP contribution in [0, 0.1) is 11.8 Å². The van der Waals surface area contributed by atoms with E-state index in [1.54, 1.807) is 0 Å². The molecule has 0 aromatic rings. The number of nitrogens with two attached hydrogens (primary N) is 1. The lowest BCUT2D eigenvalue weighted by Crippen LogP contribution is -2.55. The summed E-state index contributed by atoms with van der Waals surface area (Å²) in [4.78, 5) is 15.3. The normalized spacial score (nSPS) is 33.2. The van der Waals surface area contributed by atoms with Gasteiger partial charge in [-0.15, -0.1) is 12.4 Å². The summed E-state index contributed by atoms with van der Waals surface area (Å²) in [7, 11) is 0. The third-order valence-corrected chi connectivity index (χ3v) is 6.50. The zero-order valence-corrected chi connectivity index (χ0v) is 16.1. The van der Waals surface area contributed by atoms with Crippen LogP contribution in [0.15, 0.2) is 0 Å². The van der Waals surface area contributed by atoms with Gasteiger partial charge in [0.2, 0.25) is 5.91 Å². The van der Waals surface area contributed by atoms with Crippen LogP contribution in [0.4, 0.5) is 0 Å². The summed E-state index contributed by atoms with van der Waals surface area (Å²) in [5.74, 6) is 1.15. The Hall–Kier alpha value is -0.320. The molecule has 2 atom stereocenters. The van der Waals surface area contributed by atoms with Crippen LogP contribution < -0.4 is 11.1 Å². The van der Waals surface area contributed by atoms with Crippen molar-refractivity contribution in [3.8, 4) is 0 Å². The molecule has 1 saturated heterocycles. The predicted octanol–water partition coefficient (Wildman–Crippen LogP) is 3.09. The van der Waals surface area contributed by atoms with E-state index in [-0.39, 0.29) is 29.8 Å². The Kier molecular flexibility index (Phi) is 7.39. The standard InChI is InChI=1S/C19H35N3O.ClH/c1-19(20)11-5-4-8-17(19)18(23)21-16-9-12-22(13-10-16)14-15-6-2-3-7-15;/h15-17H,2-14,20H2,1H3,(H,21,23);1H. The Balaban J connectivity index is 0.00000208. The van der Waals surface area contributed by atoms with Gasteiger partial charge in [-0.25, -0.2) is 0 Å². The summed E-state index contributed by atoms with van der Waals surface area (Å²) in [6, 6.07) is 0.361. The number of halogens is 1. The van der Waals surface area contributed by atoms with Crippen LogP contribution in [0.25, 0.3) is 0 Å². The molecule has 2 saturated carbocycles. The first-order valence-corrected chi connectivity index (χ1v) is 9.86. The fourth-order valence-electron chi connectivity index (χ4n) is 4.91. The van der Waals surface area contributed by atoms with Gasteiger partial charge in [0, 0.05) is 31.2 Å². The highest BCUT2D eigenvalue weighted by atomic mass is 35.5. The summed E-state index contributed by atoms with van der Waals surface area (Å²) in [6.45, 7) is 5.63. The van der Waals surface area contributed by atoms with Crippen molar-refractivity contribution in [1.29, 1.82) is 0 Å².